The van der Waals surface area contributed by atoms with Gasteiger partial charge in [0.15, 0.2) is 0 Å². The second-order valence-corrected chi connectivity index (χ2v) is 10.1. The molecule has 0 spiro atoms. The molecular formula is C34H37NO. The minimum atomic E-state index is 0.408. The van der Waals surface area contributed by atoms with E-state index in [1.165, 1.54) is 34.2 Å². The first-order valence-corrected chi connectivity index (χ1v) is 13.3. The number of ether oxygens (including phenoxy) is 1. The summed E-state index contributed by atoms with van der Waals surface area (Å²) in [6.45, 7) is 3.22. The smallest absolute Gasteiger partial charge is 0.119 e. The van der Waals surface area contributed by atoms with Gasteiger partial charge in [0, 0.05) is 19.0 Å². The van der Waals surface area contributed by atoms with Crippen molar-refractivity contribution in [1.82, 2.24) is 4.90 Å². The largest absolute Gasteiger partial charge is 0.497 e. The summed E-state index contributed by atoms with van der Waals surface area (Å²) in [5.41, 5.74) is 7.17. The topological polar surface area (TPSA) is 12.5 Å². The average Bonchev–Trinajstić information content (AvgIpc) is 2.94. The third-order valence-corrected chi connectivity index (χ3v) is 7.65. The molecule has 0 saturated carbocycles. The second-order valence-electron chi connectivity index (χ2n) is 10.1. The van der Waals surface area contributed by atoms with Crippen molar-refractivity contribution in [2.24, 2.45) is 5.92 Å². The number of hydrogen-bond acceptors (Lipinski definition) is 2. The van der Waals surface area contributed by atoms with Crippen LogP contribution in [0.3, 0.4) is 0 Å². The molecule has 0 aromatic heterocycles. The molecule has 4 aromatic carbocycles. The minimum absolute atomic E-state index is 0.408. The van der Waals surface area contributed by atoms with Gasteiger partial charge in [0.25, 0.3) is 0 Å². The van der Waals surface area contributed by atoms with E-state index in [0.717, 1.165) is 44.6 Å². The van der Waals surface area contributed by atoms with E-state index in [1.807, 2.05) is 0 Å². The third-order valence-electron chi connectivity index (χ3n) is 7.65. The first-order valence-electron chi connectivity index (χ1n) is 13.3. The molecule has 2 nitrogen and oxygen atoms in total. The highest BCUT2D eigenvalue weighted by molar-refractivity contribution is 5.37. The van der Waals surface area contributed by atoms with E-state index in [2.05, 4.69) is 114 Å². The summed E-state index contributed by atoms with van der Waals surface area (Å²) in [7, 11) is 1.76. The Morgan fingerprint density at radius 3 is 2.06 bits per heavy atom. The Morgan fingerprint density at radius 2 is 1.42 bits per heavy atom. The van der Waals surface area contributed by atoms with Gasteiger partial charge < -0.3 is 4.74 Å². The molecule has 0 radical (unpaired) electrons. The first kappa shape index (κ1) is 24.3. The number of fused-ring (bicyclic) bond motifs is 1. The Balaban J connectivity index is 1.32. The molecule has 0 saturated heterocycles. The van der Waals surface area contributed by atoms with Crippen molar-refractivity contribution in [3.8, 4) is 5.75 Å². The van der Waals surface area contributed by atoms with Crippen LogP contribution in [0.15, 0.2) is 109 Å². The summed E-state index contributed by atoms with van der Waals surface area (Å²) >= 11 is 0. The Hall–Kier alpha value is -3.36. The van der Waals surface area contributed by atoms with Gasteiger partial charge in [-0.05, 0) is 78.1 Å². The monoisotopic (exact) mass is 475 g/mol. The molecule has 184 valence electrons. The number of nitrogens with zero attached hydrogens (tertiary/aromatic N) is 1. The lowest BCUT2D eigenvalue weighted by atomic mass is 9.83. The van der Waals surface area contributed by atoms with Crippen LogP contribution in [0.2, 0.25) is 0 Å². The fraction of sp³-hybridized carbons (Fsp3) is 0.294. The SMILES string of the molecule is COc1ccc2c(c1)CCC(CN(CCC(c1ccccc1)c1ccccc1)Cc1ccccc1)C2. The molecule has 0 aliphatic heterocycles. The van der Waals surface area contributed by atoms with Gasteiger partial charge in [0.2, 0.25) is 0 Å². The van der Waals surface area contributed by atoms with Crippen LogP contribution in [0.5, 0.6) is 5.75 Å². The van der Waals surface area contributed by atoms with Crippen LogP contribution in [-0.2, 0) is 19.4 Å². The average molecular weight is 476 g/mol. The highest BCUT2D eigenvalue weighted by Gasteiger charge is 2.23. The summed E-state index contributed by atoms with van der Waals surface area (Å²) in [6, 6.07) is 39.6. The third kappa shape index (κ3) is 6.25. The maximum absolute atomic E-state index is 5.46. The molecule has 5 rings (SSSR count). The standard InChI is InChI=1S/C34H37NO/c1-36-33-20-19-31-23-28(17-18-32(31)24-33)26-35(25-27-11-5-2-6-12-27)22-21-34(29-13-7-3-8-14-29)30-15-9-4-10-16-30/h2-16,19-20,24,28,34H,17-18,21-23,25-26H2,1H3. The maximum Gasteiger partial charge on any atom is 0.119 e. The van der Waals surface area contributed by atoms with Gasteiger partial charge in [-0.1, -0.05) is 97.1 Å². The summed E-state index contributed by atoms with van der Waals surface area (Å²) in [4.78, 5) is 2.70. The van der Waals surface area contributed by atoms with Crippen molar-refractivity contribution in [3.63, 3.8) is 0 Å². The molecular weight excluding hydrogens is 438 g/mol. The van der Waals surface area contributed by atoms with Gasteiger partial charge in [-0.2, -0.15) is 0 Å². The Bertz CT molecular complexity index is 1170. The summed E-state index contributed by atoms with van der Waals surface area (Å²) < 4.78 is 5.46. The van der Waals surface area contributed by atoms with Gasteiger partial charge in [-0.15, -0.1) is 0 Å². The lowest BCUT2D eigenvalue weighted by molar-refractivity contribution is 0.207. The zero-order valence-electron chi connectivity index (χ0n) is 21.4. The van der Waals surface area contributed by atoms with Crippen molar-refractivity contribution in [3.05, 3.63) is 137 Å². The number of aryl methyl sites for hydroxylation is 1. The molecule has 36 heavy (non-hydrogen) atoms. The number of methoxy groups -OCH3 is 1. The van der Waals surface area contributed by atoms with E-state index in [4.69, 9.17) is 4.74 Å². The molecule has 1 atom stereocenters. The van der Waals surface area contributed by atoms with E-state index < -0.39 is 0 Å². The van der Waals surface area contributed by atoms with E-state index in [0.29, 0.717) is 11.8 Å². The lowest BCUT2D eigenvalue weighted by Gasteiger charge is -2.32. The van der Waals surface area contributed by atoms with Crippen molar-refractivity contribution < 1.29 is 4.74 Å². The Morgan fingerprint density at radius 1 is 0.778 bits per heavy atom. The molecule has 2 heteroatoms. The van der Waals surface area contributed by atoms with Crippen molar-refractivity contribution in [2.75, 3.05) is 20.2 Å². The second kappa shape index (κ2) is 12.1. The minimum Gasteiger partial charge on any atom is -0.497 e. The fourth-order valence-electron chi connectivity index (χ4n) is 5.74. The highest BCUT2D eigenvalue weighted by atomic mass is 16.5. The molecule has 1 aliphatic carbocycles. The molecule has 0 N–H and O–H groups in total. The van der Waals surface area contributed by atoms with E-state index in [1.54, 1.807) is 7.11 Å². The van der Waals surface area contributed by atoms with E-state index in [9.17, 15) is 0 Å². The zero-order chi connectivity index (χ0) is 24.6. The molecule has 4 aromatic rings. The number of benzene rings is 4. The predicted octanol–water partition coefficient (Wildman–Crippen LogP) is 7.52. The quantitative estimate of drug-likeness (QED) is 0.235. The van der Waals surface area contributed by atoms with Crippen LogP contribution in [-0.4, -0.2) is 25.1 Å². The molecule has 0 bridgehead atoms. The summed E-state index contributed by atoms with van der Waals surface area (Å²) in [5.74, 6) is 2.07. The predicted molar refractivity (Wildman–Crippen MR) is 150 cm³/mol. The van der Waals surface area contributed by atoms with E-state index >= 15 is 0 Å². The molecule has 0 fully saturated rings. The normalized spacial score (nSPS) is 15.1. The van der Waals surface area contributed by atoms with Gasteiger partial charge in [0.1, 0.15) is 5.75 Å². The van der Waals surface area contributed by atoms with Gasteiger partial charge in [0.05, 0.1) is 7.11 Å². The van der Waals surface area contributed by atoms with Crippen LogP contribution in [0.25, 0.3) is 0 Å². The summed E-state index contributed by atoms with van der Waals surface area (Å²) in [5, 5.41) is 0. The number of hydrogen-bond donors (Lipinski definition) is 0. The van der Waals surface area contributed by atoms with Gasteiger partial charge >= 0.3 is 0 Å². The maximum atomic E-state index is 5.46. The van der Waals surface area contributed by atoms with Crippen molar-refractivity contribution in [1.29, 1.82) is 0 Å². The number of rotatable bonds is 10. The molecule has 0 heterocycles. The molecule has 0 amide bonds. The Kier molecular flexibility index (Phi) is 8.15. The van der Waals surface area contributed by atoms with Crippen molar-refractivity contribution in [2.45, 2.75) is 38.1 Å². The van der Waals surface area contributed by atoms with Crippen LogP contribution in [0, 0.1) is 5.92 Å². The van der Waals surface area contributed by atoms with Gasteiger partial charge in [-0.3, -0.25) is 4.90 Å². The van der Waals surface area contributed by atoms with Crippen LogP contribution in [0.1, 0.15) is 46.6 Å². The first-order chi connectivity index (χ1) is 17.8. The molecule has 1 aliphatic rings. The van der Waals surface area contributed by atoms with E-state index in [-0.39, 0.29) is 0 Å². The zero-order valence-corrected chi connectivity index (χ0v) is 21.4. The van der Waals surface area contributed by atoms with Crippen molar-refractivity contribution >= 4 is 0 Å². The highest BCUT2D eigenvalue weighted by Crippen LogP contribution is 2.31. The summed E-state index contributed by atoms with van der Waals surface area (Å²) in [6.07, 6.45) is 4.66. The fourth-order valence-corrected chi connectivity index (χ4v) is 5.74. The van der Waals surface area contributed by atoms with Gasteiger partial charge in [-0.25, -0.2) is 0 Å². The lowest BCUT2D eigenvalue weighted by Crippen LogP contribution is -2.33. The van der Waals surface area contributed by atoms with Crippen LogP contribution in [0.4, 0.5) is 0 Å². The van der Waals surface area contributed by atoms with Crippen LogP contribution < -0.4 is 4.74 Å². The van der Waals surface area contributed by atoms with Crippen LogP contribution >= 0.6 is 0 Å². The Labute approximate surface area is 216 Å². The molecule has 1 unspecified atom stereocenters.